The second-order valence-electron chi connectivity index (χ2n) is 8.98. The minimum absolute atomic E-state index is 0.200. The summed E-state index contributed by atoms with van der Waals surface area (Å²) < 4.78 is 1.97. The third-order valence-electron chi connectivity index (χ3n) is 6.65. The van der Waals surface area contributed by atoms with E-state index in [1.807, 2.05) is 36.7 Å². The molecule has 172 valence electrons. The van der Waals surface area contributed by atoms with Gasteiger partial charge < -0.3 is 20.1 Å². The van der Waals surface area contributed by atoms with Gasteiger partial charge in [-0.05, 0) is 31.7 Å². The molecule has 1 aliphatic heterocycles. The first-order chi connectivity index (χ1) is 15.6. The van der Waals surface area contributed by atoms with Crippen LogP contribution in [-0.4, -0.2) is 50.7 Å². The van der Waals surface area contributed by atoms with Gasteiger partial charge in [-0.2, -0.15) is 0 Å². The highest BCUT2D eigenvalue weighted by atomic mass is 16.2. The second kappa shape index (κ2) is 10.6. The molecular formula is C24H35N7O. The zero-order valence-electron chi connectivity index (χ0n) is 19.3. The molecule has 0 bridgehead atoms. The molecule has 0 spiro atoms. The molecule has 32 heavy (non-hydrogen) atoms. The number of amides is 1. The predicted molar refractivity (Wildman–Crippen MR) is 125 cm³/mol. The van der Waals surface area contributed by atoms with Crippen molar-refractivity contribution in [3.05, 3.63) is 47.5 Å². The quantitative estimate of drug-likeness (QED) is 0.536. The zero-order chi connectivity index (χ0) is 22.3. The Balaban J connectivity index is 1.38. The summed E-state index contributed by atoms with van der Waals surface area (Å²) in [7, 11) is 1.96. The normalized spacial score (nSPS) is 19.9. The van der Waals surface area contributed by atoms with Crippen LogP contribution in [0.1, 0.15) is 55.7 Å². The Labute approximate surface area is 190 Å². The Morgan fingerprint density at radius 3 is 2.62 bits per heavy atom. The first-order valence-electron chi connectivity index (χ1n) is 11.8. The van der Waals surface area contributed by atoms with Gasteiger partial charge >= 0.3 is 0 Å². The molecule has 1 amide bonds. The summed E-state index contributed by atoms with van der Waals surface area (Å²) in [5.41, 5.74) is 1.16. The number of aromatic nitrogens is 3. The van der Waals surface area contributed by atoms with Crippen LogP contribution in [0.4, 0.5) is 0 Å². The third kappa shape index (κ3) is 5.66. The van der Waals surface area contributed by atoms with Crippen molar-refractivity contribution in [2.24, 2.45) is 18.0 Å². The van der Waals surface area contributed by atoms with E-state index in [4.69, 9.17) is 4.99 Å². The Morgan fingerprint density at radius 1 is 1.12 bits per heavy atom. The van der Waals surface area contributed by atoms with Gasteiger partial charge in [-0.25, -0.2) is 4.99 Å². The Bertz CT molecular complexity index is 918. The van der Waals surface area contributed by atoms with Gasteiger partial charge in [0.1, 0.15) is 5.82 Å². The topological polar surface area (TPSA) is 87.4 Å². The summed E-state index contributed by atoms with van der Waals surface area (Å²) in [5.74, 6) is 3.05. The molecule has 2 aliphatic rings. The molecule has 2 fully saturated rings. The van der Waals surface area contributed by atoms with E-state index in [9.17, 15) is 4.79 Å². The second-order valence-corrected chi connectivity index (χ2v) is 8.98. The van der Waals surface area contributed by atoms with Crippen molar-refractivity contribution in [2.45, 2.75) is 64.6 Å². The van der Waals surface area contributed by atoms with Crippen LogP contribution in [0.3, 0.4) is 0 Å². The number of likely N-dealkylation sites (tertiary alicyclic amines) is 1. The van der Waals surface area contributed by atoms with Crippen molar-refractivity contribution >= 4 is 11.9 Å². The van der Waals surface area contributed by atoms with Crippen LogP contribution in [0.5, 0.6) is 0 Å². The van der Waals surface area contributed by atoms with E-state index in [0.29, 0.717) is 19.0 Å². The number of benzene rings is 1. The summed E-state index contributed by atoms with van der Waals surface area (Å²) >= 11 is 0. The fourth-order valence-corrected chi connectivity index (χ4v) is 4.55. The molecule has 8 heteroatoms. The number of aryl methyl sites for hydroxylation is 1. The minimum atomic E-state index is 0.200. The first-order valence-corrected chi connectivity index (χ1v) is 11.8. The summed E-state index contributed by atoms with van der Waals surface area (Å²) in [6, 6.07) is 10.4. The van der Waals surface area contributed by atoms with E-state index in [1.165, 1.54) is 19.3 Å². The van der Waals surface area contributed by atoms with Crippen molar-refractivity contribution in [3.8, 4) is 0 Å². The molecule has 2 heterocycles. The van der Waals surface area contributed by atoms with Gasteiger partial charge in [0.25, 0.3) is 0 Å². The summed E-state index contributed by atoms with van der Waals surface area (Å²) in [6.45, 7) is 4.63. The minimum Gasteiger partial charge on any atom is -0.352 e. The molecule has 8 nitrogen and oxygen atoms in total. The molecule has 1 atom stereocenters. The van der Waals surface area contributed by atoms with Gasteiger partial charge in [0.05, 0.1) is 13.1 Å². The van der Waals surface area contributed by atoms with Crippen LogP contribution in [0.2, 0.25) is 0 Å². The predicted octanol–water partition coefficient (Wildman–Crippen LogP) is 2.54. The van der Waals surface area contributed by atoms with Gasteiger partial charge in [-0.15, -0.1) is 10.2 Å². The van der Waals surface area contributed by atoms with Crippen molar-refractivity contribution in [2.75, 3.05) is 13.1 Å². The molecule has 2 aromatic rings. The van der Waals surface area contributed by atoms with Crippen molar-refractivity contribution in [1.29, 1.82) is 0 Å². The molecule has 4 rings (SSSR count). The van der Waals surface area contributed by atoms with Crippen LogP contribution in [0.25, 0.3) is 0 Å². The molecular weight excluding hydrogens is 402 g/mol. The number of guanidine groups is 1. The molecule has 0 radical (unpaired) electrons. The molecule has 1 aliphatic carbocycles. The maximum atomic E-state index is 12.9. The van der Waals surface area contributed by atoms with Crippen molar-refractivity contribution in [1.82, 2.24) is 30.3 Å². The highest BCUT2D eigenvalue weighted by Gasteiger charge is 2.31. The van der Waals surface area contributed by atoms with Gasteiger partial charge in [-0.3, -0.25) is 4.79 Å². The van der Waals surface area contributed by atoms with Crippen LogP contribution < -0.4 is 10.6 Å². The Kier molecular flexibility index (Phi) is 7.39. The standard InChI is InChI=1S/C24H35N7O/c1-18-28-29-22(30(18)2)16-26-24(25-15-19-9-5-3-6-10-19)27-21-13-14-31(17-21)23(32)20-11-7-4-8-12-20/h3,5-6,9-10,20-21H,4,7-8,11-17H2,1-2H3,(H2,25,26,27). The highest BCUT2D eigenvalue weighted by Crippen LogP contribution is 2.26. The number of hydrogen-bond acceptors (Lipinski definition) is 4. The van der Waals surface area contributed by atoms with Crippen LogP contribution >= 0.6 is 0 Å². The number of hydrogen-bond donors (Lipinski definition) is 2. The van der Waals surface area contributed by atoms with E-state index < -0.39 is 0 Å². The molecule has 1 unspecified atom stereocenters. The summed E-state index contributed by atoms with van der Waals surface area (Å²) in [4.78, 5) is 19.8. The van der Waals surface area contributed by atoms with E-state index in [1.54, 1.807) is 0 Å². The number of nitrogens with one attached hydrogen (secondary N) is 2. The molecule has 1 aromatic carbocycles. The summed E-state index contributed by atoms with van der Waals surface area (Å²) in [5, 5.41) is 15.3. The number of carbonyl (C=O) groups excluding carboxylic acids is 1. The van der Waals surface area contributed by atoms with Gasteiger partial charge in [-0.1, -0.05) is 49.6 Å². The molecule has 1 aromatic heterocycles. The number of rotatable bonds is 6. The number of aliphatic imine (C=N–C) groups is 1. The molecule has 1 saturated heterocycles. The number of nitrogens with zero attached hydrogens (tertiary/aromatic N) is 5. The van der Waals surface area contributed by atoms with E-state index >= 15 is 0 Å². The van der Waals surface area contributed by atoms with E-state index in [2.05, 4.69) is 37.9 Å². The van der Waals surface area contributed by atoms with Crippen molar-refractivity contribution in [3.63, 3.8) is 0 Å². The lowest BCUT2D eigenvalue weighted by atomic mass is 9.88. The monoisotopic (exact) mass is 437 g/mol. The van der Waals surface area contributed by atoms with Gasteiger partial charge in [0, 0.05) is 32.1 Å². The molecule has 2 N–H and O–H groups in total. The largest absolute Gasteiger partial charge is 0.352 e. The van der Waals surface area contributed by atoms with Crippen LogP contribution in [0.15, 0.2) is 35.3 Å². The smallest absolute Gasteiger partial charge is 0.225 e. The highest BCUT2D eigenvalue weighted by molar-refractivity contribution is 5.81. The lowest BCUT2D eigenvalue weighted by Crippen LogP contribution is -2.45. The SMILES string of the molecule is Cc1nnc(CNC(=NCc2ccccc2)NC2CCN(C(=O)C3CCCCC3)C2)n1C. The Hall–Kier alpha value is -2.90. The lowest BCUT2D eigenvalue weighted by molar-refractivity contribution is -0.135. The number of carbonyl (C=O) groups is 1. The van der Waals surface area contributed by atoms with E-state index in [0.717, 1.165) is 55.5 Å². The maximum Gasteiger partial charge on any atom is 0.225 e. The molecule has 1 saturated carbocycles. The van der Waals surface area contributed by atoms with Gasteiger partial charge in [0.15, 0.2) is 11.8 Å². The zero-order valence-corrected chi connectivity index (χ0v) is 19.3. The Morgan fingerprint density at radius 2 is 1.91 bits per heavy atom. The van der Waals surface area contributed by atoms with Crippen molar-refractivity contribution < 1.29 is 4.79 Å². The lowest BCUT2D eigenvalue weighted by Gasteiger charge is -2.26. The van der Waals surface area contributed by atoms with Gasteiger partial charge in [0.2, 0.25) is 5.91 Å². The third-order valence-corrected chi connectivity index (χ3v) is 6.65. The maximum absolute atomic E-state index is 12.9. The van der Waals surface area contributed by atoms with E-state index in [-0.39, 0.29) is 12.0 Å². The fourth-order valence-electron chi connectivity index (χ4n) is 4.55. The average Bonchev–Trinajstić information content (AvgIpc) is 3.43. The average molecular weight is 438 g/mol. The van der Waals surface area contributed by atoms with Crippen LogP contribution in [-0.2, 0) is 24.9 Å². The first kappa shape index (κ1) is 22.3. The van der Waals surface area contributed by atoms with Crippen LogP contribution in [0, 0.1) is 12.8 Å². The summed E-state index contributed by atoms with van der Waals surface area (Å²) in [6.07, 6.45) is 6.69. The fraction of sp³-hybridized carbons (Fsp3) is 0.583.